The Bertz CT molecular complexity index is 1000. The molecule has 0 saturated heterocycles. The van der Waals surface area contributed by atoms with Crippen molar-refractivity contribution in [1.29, 1.82) is 0 Å². The number of aromatic nitrogens is 4. The van der Waals surface area contributed by atoms with Crippen LogP contribution in [0.3, 0.4) is 0 Å². The fourth-order valence-electron chi connectivity index (χ4n) is 3.46. The van der Waals surface area contributed by atoms with E-state index in [1.54, 1.807) is 17.8 Å². The molecule has 174 valence electrons. The van der Waals surface area contributed by atoms with Gasteiger partial charge in [0, 0.05) is 19.4 Å². The molecule has 3 N–H and O–H groups in total. The zero-order valence-electron chi connectivity index (χ0n) is 19.1. The van der Waals surface area contributed by atoms with E-state index in [4.69, 9.17) is 19.9 Å². The number of rotatable bonds is 13. The summed E-state index contributed by atoms with van der Waals surface area (Å²) in [5.41, 5.74) is 8.47. The average Bonchev–Trinajstić information content (AvgIpc) is 3.18. The number of aliphatic hydroxyl groups excluding tert-OH is 1. The molecule has 2 aromatic heterocycles. The van der Waals surface area contributed by atoms with Gasteiger partial charge in [0.1, 0.15) is 6.10 Å². The molecule has 9 heteroatoms. The zero-order chi connectivity index (χ0) is 22.9. The molecular weight excluding hydrogens is 410 g/mol. The predicted molar refractivity (Wildman–Crippen MR) is 122 cm³/mol. The number of anilines is 1. The molecule has 32 heavy (non-hydrogen) atoms. The Morgan fingerprint density at radius 2 is 2.00 bits per heavy atom. The quantitative estimate of drug-likeness (QED) is 0.386. The lowest BCUT2D eigenvalue weighted by Crippen LogP contribution is -2.20. The van der Waals surface area contributed by atoms with Crippen molar-refractivity contribution in [2.45, 2.75) is 58.5 Å². The van der Waals surface area contributed by atoms with Gasteiger partial charge in [-0.1, -0.05) is 32.8 Å². The van der Waals surface area contributed by atoms with Crippen molar-refractivity contribution in [3.8, 4) is 17.5 Å². The number of unbranched alkanes of at least 4 members (excludes halogenated alkanes) is 1. The highest BCUT2D eigenvalue weighted by atomic mass is 16.5. The van der Waals surface area contributed by atoms with Gasteiger partial charge in [-0.25, -0.2) is 9.50 Å². The van der Waals surface area contributed by atoms with E-state index in [1.165, 1.54) is 0 Å². The summed E-state index contributed by atoms with van der Waals surface area (Å²) in [6, 6.07) is 6.06. The maximum absolute atomic E-state index is 9.29. The van der Waals surface area contributed by atoms with E-state index in [1.807, 2.05) is 18.2 Å². The maximum atomic E-state index is 9.29. The Balaban J connectivity index is 1.86. The van der Waals surface area contributed by atoms with Crippen LogP contribution in [0.4, 0.5) is 5.82 Å². The van der Waals surface area contributed by atoms with Crippen molar-refractivity contribution >= 4 is 11.5 Å². The first-order valence-electron chi connectivity index (χ1n) is 11.2. The number of hydrogen-bond acceptors (Lipinski definition) is 8. The fraction of sp³-hybridized carbons (Fsp3) is 0.522. The number of nitrogen functional groups attached to an aromatic ring is 1. The number of nitrogens with two attached hydrogens (primary N) is 1. The fourth-order valence-corrected chi connectivity index (χ4v) is 3.46. The van der Waals surface area contributed by atoms with Crippen LogP contribution in [-0.4, -0.2) is 51.1 Å². The maximum Gasteiger partial charge on any atom is 0.336 e. The Hall–Kier alpha value is -3.07. The van der Waals surface area contributed by atoms with E-state index in [0.29, 0.717) is 30.8 Å². The third-order valence-electron chi connectivity index (χ3n) is 5.14. The second kappa shape index (κ2) is 11.5. The molecule has 9 nitrogen and oxygen atoms in total. The number of methoxy groups -OCH3 is 1. The van der Waals surface area contributed by atoms with Gasteiger partial charge in [0.05, 0.1) is 25.6 Å². The number of imidazole rings is 1. The molecule has 3 rings (SSSR count). The molecule has 1 atom stereocenters. The van der Waals surface area contributed by atoms with Gasteiger partial charge in [-0.2, -0.15) is 4.98 Å². The molecule has 0 saturated carbocycles. The Kier molecular flexibility index (Phi) is 8.49. The van der Waals surface area contributed by atoms with Crippen molar-refractivity contribution < 1.29 is 19.3 Å². The first-order valence-corrected chi connectivity index (χ1v) is 11.2. The molecule has 0 bridgehead atoms. The minimum Gasteiger partial charge on any atom is -0.493 e. The minimum absolute atomic E-state index is 0.0405. The lowest BCUT2D eigenvalue weighted by atomic mass is 10.1. The molecule has 0 spiro atoms. The highest BCUT2D eigenvalue weighted by molar-refractivity contribution is 5.60. The summed E-state index contributed by atoms with van der Waals surface area (Å²) in [6.45, 7) is 4.87. The monoisotopic (exact) mass is 443 g/mol. The summed E-state index contributed by atoms with van der Waals surface area (Å²) >= 11 is 0. The number of aliphatic hydroxyl groups is 1. The van der Waals surface area contributed by atoms with Crippen LogP contribution in [0.1, 0.15) is 57.2 Å². The lowest BCUT2D eigenvalue weighted by molar-refractivity contribution is 0.133. The third kappa shape index (κ3) is 5.79. The first-order chi connectivity index (χ1) is 15.6. The predicted octanol–water partition coefficient (Wildman–Crippen LogP) is 3.41. The molecule has 0 fully saturated rings. The molecule has 2 heterocycles. The summed E-state index contributed by atoms with van der Waals surface area (Å²) in [5, 5.41) is 13.8. The van der Waals surface area contributed by atoms with Gasteiger partial charge >= 0.3 is 6.01 Å². The number of hydrogen-bond donors (Lipinski definition) is 2. The number of benzene rings is 1. The van der Waals surface area contributed by atoms with Crippen molar-refractivity contribution in [3.05, 3.63) is 35.7 Å². The van der Waals surface area contributed by atoms with Gasteiger partial charge < -0.3 is 25.1 Å². The molecule has 0 aliphatic carbocycles. The zero-order valence-corrected chi connectivity index (χ0v) is 19.1. The normalized spacial score (nSPS) is 12.1. The summed E-state index contributed by atoms with van der Waals surface area (Å²) < 4.78 is 18.9. The molecular formula is C23H33N5O4. The summed E-state index contributed by atoms with van der Waals surface area (Å²) in [5.74, 6) is 1.67. The van der Waals surface area contributed by atoms with Crippen LogP contribution in [0.15, 0.2) is 24.4 Å². The number of fused-ring (bicyclic) bond motifs is 1. The second-order valence-electron chi connectivity index (χ2n) is 7.67. The number of ether oxygens (including phenoxy) is 3. The molecule has 0 aliphatic rings. The molecule has 1 aromatic carbocycles. The van der Waals surface area contributed by atoms with Crippen molar-refractivity contribution in [3.63, 3.8) is 0 Å². The van der Waals surface area contributed by atoms with E-state index in [2.05, 4.69) is 28.9 Å². The van der Waals surface area contributed by atoms with Crippen molar-refractivity contribution in [1.82, 2.24) is 19.6 Å². The Morgan fingerprint density at radius 1 is 1.16 bits per heavy atom. The van der Waals surface area contributed by atoms with Gasteiger partial charge in [-0.15, -0.1) is 5.10 Å². The summed E-state index contributed by atoms with van der Waals surface area (Å²) in [6.07, 6.45) is 6.42. The summed E-state index contributed by atoms with van der Waals surface area (Å²) in [4.78, 5) is 8.63. The first kappa shape index (κ1) is 23.6. The largest absolute Gasteiger partial charge is 0.493 e. The van der Waals surface area contributed by atoms with E-state index >= 15 is 0 Å². The molecule has 1 unspecified atom stereocenters. The van der Waals surface area contributed by atoms with Crippen LogP contribution in [0.2, 0.25) is 0 Å². The highest BCUT2D eigenvalue weighted by Gasteiger charge is 2.16. The van der Waals surface area contributed by atoms with Crippen molar-refractivity contribution in [2.75, 3.05) is 26.1 Å². The Labute approximate surface area is 188 Å². The average molecular weight is 444 g/mol. The van der Waals surface area contributed by atoms with Gasteiger partial charge in [0.15, 0.2) is 23.0 Å². The van der Waals surface area contributed by atoms with E-state index in [9.17, 15) is 5.11 Å². The number of nitrogens with zero attached hydrogens (tertiary/aromatic N) is 4. The Morgan fingerprint density at radius 3 is 2.72 bits per heavy atom. The van der Waals surface area contributed by atoms with Crippen LogP contribution in [-0.2, 0) is 6.42 Å². The SMILES string of the molecule is CCCCOc1cc(Cc2cnc3c(N)nc(OC(CCC)CCO)nn23)ccc1OC. The molecule has 0 amide bonds. The highest BCUT2D eigenvalue weighted by Crippen LogP contribution is 2.29. The van der Waals surface area contributed by atoms with Gasteiger partial charge in [0.2, 0.25) is 0 Å². The summed E-state index contributed by atoms with van der Waals surface area (Å²) in [7, 11) is 1.63. The van der Waals surface area contributed by atoms with Crippen LogP contribution in [0.25, 0.3) is 5.65 Å². The van der Waals surface area contributed by atoms with Crippen LogP contribution in [0, 0.1) is 0 Å². The molecule has 0 radical (unpaired) electrons. The van der Waals surface area contributed by atoms with Crippen LogP contribution in [0.5, 0.6) is 17.5 Å². The van der Waals surface area contributed by atoms with Crippen LogP contribution >= 0.6 is 0 Å². The van der Waals surface area contributed by atoms with Gasteiger partial charge in [-0.05, 0) is 30.5 Å². The smallest absolute Gasteiger partial charge is 0.336 e. The third-order valence-corrected chi connectivity index (χ3v) is 5.14. The lowest BCUT2D eigenvalue weighted by Gasteiger charge is -2.16. The standard InChI is InChI=1S/C23H33N5O4/c1-4-6-12-31-20-14-16(8-9-19(20)30-3)13-17-15-25-22-21(24)26-23(27-28(17)22)32-18(7-5-2)10-11-29/h8-9,14-15,18,29H,4-7,10-13H2,1-3H3,(H2,24,26,27). The molecule has 0 aliphatic heterocycles. The minimum atomic E-state index is -0.168. The second-order valence-corrected chi connectivity index (χ2v) is 7.67. The topological polar surface area (TPSA) is 117 Å². The van der Waals surface area contributed by atoms with Crippen molar-refractivity contribution in [2.24, 2.45) is 0 Å². The van der Waals surface area contributed by atoms with Crippen LogP contribution < -0.4 is 19.9 Å². The van der Waals surface area contributed by atoms with E-state index in [0.717, 1.165) is 42.7 Å². The van der Waals surface area contributed by atoms with E-state index in [-0.39, 0.29) is 24.5 Å². The molecule has 3 aromatic rings. The van der Waals surface area contributed by atoms with Gasteiger partial charge in [0.25, 0.3) is 0 Å². The van der Waals surface area contributed by atoms with Gasteiger partial charge in [-0.3, -0.25) is 0 Å². The van der Waals surface area contributed by atoms with E-state index < -0.39 is 0 Å².